The van der Waals surface area contributed by atoms with Gasteiger partial charge in [0.25, 0.3) is 0 Å². The molecule has 2 heterocycles. The molecule has 2 amide bonds. The highest BCUT2D eigenvalue weighted by molar-refractivity contribution is 5.78. The van der Waals surface area contributed by atoms with Crippen molar-refractivity contribution in [3.63, 3.8) is 0 Å². The minimum absolute atomic E-state index is 0.0563. The van der Waals surface area contributed by atoms with E-state index in [4.69, 9.17) is 19.1 Å². The second-order valence-corrected chi connectivity index (χ2v) is 5.81. The van der Waals surface area contributed by atoms with Crippen molar-refractivity contribution in [1.29, 1.82) is 0 Å². The lowest BCUT2D eigenvalue weighted by molar-refractivity contribution is -0.176. The minimum Gasteiger partial charge on any atom is -0.381 e. The second kappa shape index (κ2) is 11.4. The molecule has 0 atom stereocenters. The lowest BCUT2D eigenvalue weighted by atomic mass is 9.99. The van der Waals surface area contributed by atoms with Crippen LogP contribution in [0, 0.1) is 11.8 Å². The highest BCUT2D eigenvalue weighted by Gasteiger charge is 2.25. The number of hydroxylamine groups is 4. The third-order valence-electron chi connectivity index (χ3n) is 4.31. The highest BCUT2D eigenvalue weighted by atomic mass is 16.7. The Kier molecular flexibility index (Phi) is 9.85. The van der Waals surface area contributed by atoms with Gasteiger partial charge in [0.05, 0.1) is 14.2 Å². The van der Waals surface area contributed by atoms with E-state index in [1.165, 1.54) is 24.3 Å². The summed E-state index contributed by atoms with van der Waals surface area (Å²) in [6.07, 6.45) is 3.25. The van der Waals surface area contributed by atoms with Crippen molar-refractivity contribution in [2.45, 2.75) is 25.7 Å². The Bertz CT molecular complexity index is 345. The van der Waals surface area contributed by atoms with Crippen LogP contribution in [0.5, 0.6) is 0 Å². The molecule has 0 radical (unpaired) electrons. The molecule has 0 aromatic heterocycles. The van der Waals surface area contributed by atoms with E-state index in [9.17, 15) is 9.59 Å². The first-order chi connectivity index (χ1) is 11.5. The Hall–Kier alpha value is -1.22. The SMILES string of the molecule is CON(C)C(=O)C1CCOCC1.CON(C)C(=O)C1CCOCC1. The summed E-state index contributed by atoms with van der Waals surface area (Å²) in [5, 5.41) is 2.58. The Morgan fingerprint density at radius 1 is 0.750 bits per heavy atom. The maximum atomic E-state index is 11.5. The van der Waals surface area contributed by atoms with E-state index in [-0.39, 0.29) is 23.7 Å². The molecule has 24 heavy (non-hydrogen) atoms. The molecule has 0 aromatic carbocycles. The van der Waals surface area contributed by atoms with Crippen molar-refractivity contribution in [1.82, 2.24) is 10.1 Å². The summed E-state index contributed by atoms with van der Waals surface area (Å²) < 4.78 is 10.3. The number of carbonyl (C=O) groups excluding carboxylic acids is 2. The number of hydrogen-bond acceptors (Lipinski definition) is 6. The van der Waals surface area contributed by atoms with Gasteiger partial charge in [-0.25, -0.2) is 10.1 Å². The fourth-order valence-electron chi connectivity index (χ4n) is 2.58. The fourth-order valence-corrected chi connectivity index (χ4v) is 2.58. The van der Waals surface area contributed by atoms with E-state index >= 15 is 0 Å². The van der Waals surface area contributed by atoms with E-state index < -0.39 is 0 Å². The average molecular weight is 346 g/mol. The van der Waals surface area contributed by atoms with Crippen LogP contribution in [0.4, 0.5) is 0 Å². The third kappa shape index (κ3) is 6.72. The molecule has 2 rings (SSSR count). The lowest BCUT2D eigenvalue weighted by Gasteiger charge is -2.24. The van der Waals surface area contributed by atoms with Crippen molar-refractivity contribution < 1.29 is 28.7 Å². The van der Waals surface area contributed by atoms with Gasteiger partial charge in [-0.3, -0.25) is 19.3 Å². The number of rotatable bonds is 4. The summed E-state index contributed by atoms with van der Waals surface area (Å²) in [5.41, 5.74) is 0. The van der Waals surface area contributed by atoms with E-state index in [2.05, 4.69) is 0 Å². The molecular weight excluding hydrogens is 316 g/mol. The summed E-state index contributed by atoms with van der Waals surface area (Å²) in [4.78, 5) is 32.6. The molecule has 0 spiro atoms. The van der Waals surface area contributed by atoms with Gasteiger partial charge < -0.3 is 9.47 Å². The molecule has 2 aliphatic heterocycles. The predicted octanol–water partition coefficient (Wildman–Crippen LogP) is 0.866. The van der Waals surface area contributed by atoms with E-state index in [0.29, 0.717) is 26.4 Å². The second-order valence-electron chi connectivity index (χ2n) is 5.81. The first-order valence-corrected chi connectivity index (χ1v) is 8.30. The fraction of sp³-hybridized carbons (Fsp3) is 0.875. The van der Waals surface area contributed by atoms with Gasteiger partial charge in [0.1, 0.15) is 0 Å². The normalized spacial score (nSPS) is 19.2. The lowest BCUT2D eigenvalue weighted by Crippen LogP contribution is -2.35. The minimum atomic E-state index is 0.0563. The van der Waals surface area contributed by atoms with E-state index in [0.717, 1.165) is 25.7 Å². The first kappa shape index (κ1) is 20.8. The molecular formula is C16H30N2O6. The molecule has 2 saturated heterocycles. The van der Waals surface area contributed by atoms with Gasteiger partial charge >= 0.3 is 0 Å². The monoisotopic (exact) mass is 346 g/mol. The summed E-state index contributed by atoms with van der Waals surface area (Å²) >= 11 is 0. The van der Waals surface area contributed by atoms with Crippen LogP contribution < -0.4 is 0 Å². The van der Waals surface area contributed by atoms with Gasteiger partial charge in [-0.15, -0.1) is 0 Å². The Morgan fingerprint density at radius 2 is 1.04 bits per heavy atom. The van der Waals surface area contributed by atoms with E-state index in [1.807, 2.05) is 0 Å². The van der Waals surface area contributed by atoms with Crippen molar-refractivity contribution in [2.24, 2.45) is 11.8 Å². The zero-order chi connectivity index (χ0) is 17.9. The Labute approximate surface area is 143 Å². The number of hydrogen-bond donors (Lipinski definition) is 0. The zero-order valence-electron chi connectivity index (χ0n) is 15.2. The molecule has 140 valence electrons. The summed E-state index contributed by atoms with van der Waals surface area (Å²) in [6, 6.07) is 0. The molecule has 8 heteroatoms. The van der Waals surface area contributed by atoms with Crippen molar-refractivity contribution in [3.8, 4) is 0 Å². The van der Waals surface area contributed by atoms with Crippen LogP contribution in [0.15, 0.2) is 0 Å². The van der Waals surface area contributed by atoms with Crippen LogP contribution in [-0.4, -0.2) is 76.7 Å². The smallest absolute Gasteiger partial charge is 0.249 e. The Morgan fingerprint density at radius 3 is 1.29 bits per heavy atom. The molecule has 0 saturated carbocycles. The van der Waals surface area contributed by atoms with Crippen LogP contribution in [0.25, 0.3) is 0 Å². The average Bonchev–Trinajstić information content (AvgIpc) is 2.67. The van der Waals surface area contributed by atoms with Gasteiger partial charge in [-0.2, -0.15) is 0 Å². The first-order valence-electron chi connectivity index (χ1n) is 8.30. The van der Waals surface area contributed by atoms with Crippen molar-refractivity contribution in [3.05, 3.63) is 0 Å². The maximum absolute atomic E-state index is 11.5. The third-order valence-corrected chi connectivity index (χ3v) is 4.31. The van der Waals surface area contributed by atoms with Crippen molar-refractivity contribution in [2.75, 3.05) is 54.7 Å². The summed E-state index contributed by atoms with van der Waals surface area (Å²) in [6.45, 7) is 2.75. The van der Waals surface area contributed by atoms with Gasteiger partial charge in [0.15, 0.2) is 0 Å². The van der Waals surface area contributed by atoms with Crippen LogP contribution in [0.3, 0.4) is 0 Å². The molecule has 0 aliphatic carbocycles. The van der Waals surface area contributed by atoms with Crippen molar-refractivity contribution >= 4 is 11.8 Å². The highest BCUT2D eigenvalue weighted by Crippen LogP contribution is 2.17. The van der Waals surface area contributed by atoms with E-state index in [1.54, 1.807) is 14.1 Å². The van der Waals surface area contributed by atoms with Gasteiger partial charge in [0.2, 0.25) is 11.8 Å². The molecule has 0 N–H and O–H groups in total. The Balaban J connectivity index is 0.000000240. The molecule has 8 nitrogen and oxygen atoms in total. The number of nitrogens with zero attached hydrogens (tertiary/aromatic N) is 2. The quantitative estimate of drug-likeness (QED) is 0.703. The van der Waals surface area contributed by atoms with Gasteiger partial charge in [-0.1, -0.05) is 0 Å². The van der Waals surface area contributed by atoms with Gasteiger partial charge in [0, 0.05) is 52.4 Å². The van der Waals surface area contributed by atoms with Crippen LogP contribution in [0.2, 0.25) is 0 Å². The number of ether oxygens (including phenoxy) is 2. The number of amides is 2. The molecule has 2 fully saturated rings. The molecule has 0 unspecified atom stereocenters. The predicted molar refractivity (Wildman–Crippen MR) is 86.6 cm³/mol. The molecule has 2 aliphatic rings. The van der Waals surface area contributed by atoms with Gasteiger partial charge in [-0.05, 0) is 25.7 Å². The maximum Gasteiger partial charge on any atom is 0.249 e. The molecule has 0 bridgehead atoms. The topological polar surface area (TPSA) is 77.5 Å². The number of carbonyl (C=O) groups is 2. The van der Waals surface area contributed by atoms with Crippen LogP contribution in [-0.2, 0) is 28.7 Å². The summed E-state index contributed by atoms with van der Waals surface area (Å²) in [7, 11) is 6.27. The summed E-state index contributed by atoms with van der Waals surface area (Å²) in [5.74, 6) is 0.286. The molecule has 0 aromatic rings. The largest absolute Gasteiger partial charge is 0.381 e. The van der Waals surface area contributed by atoms with Crippen LogP contribution >= 0.6 is 0 Å². The standard InChI is InChI=1S/2C8H15NO3/c2*1-9(11-2)8(10)7-3-5-12-6-4-7/h2*7H,3-6H2,1-2H3. The van der Waals surface area contributed by atoms with Crippen LogP contribution in [0.1, 0.15) is 25.7 Å². The zero-order valence-corrected chi connectivity index (χ0v) is 15.2.